The van der Waals surface area contributed by atoms with Gasteiger partial charge < -0.3 is 15.0 Å². The van der Waals surface area contributed by atoms with Gasteiger partial charge in [-0.25, -0.2) is 8.42 Å². The average Bonchev–Trinajstić information content (AvgIpc) is 2.80. The Hall–Kier alpha value is -3.07. The highest BCUT2D eigenvalue weighted by Gasteiger charge is 2.31. The van der Waals surface area contributed by atoms with Crippen LogP contribution >= 0.6 is 0 Å². The van der Waals surface area contributed by atoms with E-state index in [9.17, 15) is 18.0 Å². The maximum atomic E-state index is 13.6. The van der Waals surface area contributed by atoms with Gasteiger partial charge in [-0.2, -0.15) is 0 Å². The number of nitrogens with zero attached hydrogens (tertiary/aromatic N) is 2. The molecule has 2 aromatic carbocycles. The highest BCUT2D eigenvalue weighted by Crippen LogP contribution is 2.30. The topological polar surface area (TPSA) is 96.0 Å². The minimum atomic E-state index is -3.83. The maximum Gasteiger partial charge on any atom is 0.244 e. The van der Waals surface area contributed by atoms with Crippen molar-refractivity contribution >= 4 is 27.5 Å². The second-order valence-corrected chi connectivity index (χ2v) is 10.8. The zero-order valence-corrected chi connectivity index (χ0v) is 22.3. The molecule has 0 saturated heterocycles. The Bertz CT molecular complexity index is 1120. The molecular weight excluding hydrogens is 466 g/mol. The lowest BCUT2D eigenvalue weighted by atomic mass is 10.1. The van der Waals surface area contributed by atoms with Gasteiger partial charge in [-0.3, -0.25) is 13.9 Å². The first-order chi connectivity index (χ1) is 16.5. The SMILES string of the molecule is CCOc1ccccc1N(CC(=O)N(Cc1ccccc1C)[C@@H](C)C(=O)NCC(C)C)S(C)(=O)=O. The largest absolute Gasteiger partial charge is 0.492 e. The van der Waals surface area contributed by atoms with Crippen LogP contribution in [0.15, 0.2) is 48.5 Å². The zero-order valence-electron chi connectivity index (χ0n) is 21.4. The Morgan fingerprint density at radius 2 is 1.66 bits per heavy atom. The van der Waals surface area contributed by atoms with E-state index in [1.54, 1.807) is 38.1 Å². The Morgan fingerprint density at radius 3 is 2.26 bits per heavy atom. The van der Waals surface area contributed by atoms with E-state index in [4.69, 9.17) is 4.74 Å². The van der Waals surface area contributed by atoms with Crippen molar-refractivity contribution in [3.63, 3.8) is 0 Å². The van der Waals surface area contributed by atoms with Crippen LogP contribution in [0, 0.1) is 12.8 Å². The summed E-state index contributed by atoms with van der Waals surface area (Å²) in [5.41, 5.74) is 2.13. The number of hydrogen-bond donors (Lipinski definition) is 1. The summed E-state index contributed by atoms with van der Waals surface area (Å²) in [4.78, 5) is 28.0. The van der Waals surface area contributed by atoms with Crippen LogP contribution in [0.1, 0.15) is 38.8 Å². The Balaban J connectivity index is 2.43. The molecule has 9 heteroatoms. The van der Waals surface area contributed by atoms with E-state index in [1.807, 2.05) is 45.0 Å². The fourth-order valence-electron chi connectivity index (χ4n) is 3.54. The van der Waals surface area contributed by atoms with Crippen molar-refractivity contribution in [2.24, 2.45) is 5.92 Å². The van der Waals surface area contributed by atoms with Crippen LogP contribution < -0.4 is 14.4 Å². The number of carbonyl (C=O) groups excluding carboxylic acids is 2. The average molecular weight is 504 g/mol. The minimum absolute atomic E-state index is 0.173. The van der Waals surface area contributed by atoms with Crippen molar-refractivity contribution in [1.29, 1.82) is 0 Å². The second kappa shape index (κ2) is 12.6. The van der Waals surface area contributed by atoms with E-state index < -0.39 is 28.5 Å². The van der Waals surface area contributed by atoms with Crippen LogP contribution in [0.4, 0.5) is 5.69 Å². The highest BCUT2D eigenvalue weighted by atomic mass is 32.2. The molecule has 1 atom stereocenters. The van der Waals surface area contributed by atoms with Gasteiger partial charge in [-0.15, -0.1) is 0 Å². The molecule has 0 heterocycles. The van der Waals surface area contributed by atoms with Crippen molar-refractivity contribution in [1.82, 2.24) is 10.2 Å². The standard InChI is InChI=1S/C26H37N3O5S/c1-7-34-24-15-11-10-14-23(24)29(35(6,32)33)18-25(30)28(17-22-13-9-8-12-20(22)4)21(5)26(31)27-16-19(2)3/h8-15,19,21H,7,16-18H2,1-6H3,(H,27,31)/t21-/m0/s1. The first-order valence-corrected chi connectivity index (χ1v) is 13.6. The Morgan fingerprint density at radius 1 is 1.03 bits per heavy atom. The van der Waals surface area contributed by atoms with Gasteiger partial charge in [0, 0.05) is 13.1 Å². The molecule has 2 amide bonds. The molecule has 0 bridgehead atoms. The first kappa shape index (κ1) is 28.2. The van der Waals surface area contributed by atoms with Gasteiger partial charge in [0.1, 0.15) is 18.3 Å². The Labute approximate surface area is 209 Å². The van der Waals surface area contributed by atoms with Gasteiger partial charge in [0.05, 0.1) is 18.6 Å². The number of anilines is 1. The zero-order chi connectivity index (χ0) is 26.2. The summed E-state index contributed by atoms with van der Waals surface area (Å²) < 4.78 is 32.2. The fraction of sp³-hybridized carbons (Fsp3) is 0.462. The molecule has 0 fully saturated rings. The third kappa shape index (κ3) is 7.99. The number of carbonyl (C=O) groups is 2. The monoisotopic (exact) mass is 503 g/mol. The quantitative estimate of drug-likeness (QED) is 0.479. The highest BCUT2D eigenvalue weighted by molar-refractivity contribution is 7.92. The number of benzene rings is 2. The van der Waals surface area contributed by atoms with Gasteiger partial charge in [-0.05, 0) is 49.9 Å². The summed E-state index contributed by atoms with van der Waals surface area (Å²) in [6.45, 7) is 9.90. The van der Waals surface area contributed by atoms with Crippen molar-refractivity contribution in [3.8, 4) is 5.75 Å². The number of hydrogen-bond acceptors (Lipinski definition) is 5. The van der Waals surface area contributed by atoms with Crippen molar-refractivity contribution in [2.75, 3.05) is 30.3 Å². The predicted molar refractivity (Wildman–Crippen MR) is 139 cm³/mol. The van der Waals surface area contributed by atoms with E-state index in [1.165, 1.54) is 4.90 Å². The molecule has 0 aliphatic rings. The number of nitrogens with one attached hydrogen (secondary N) is 1. The third-order valence-corrected chi connectivity index (χ3v) is 6.69. The molecule has 2 aromatic rings. The van der Waals surface area contributed by atoms with Crippen molar-refractivity contribution in [2.45, 2.75) is 47.2 Å². The van der Waals surface area contributed by atoms with Crippen LogP contribution in [0.25, 0.3) is 0 Å². The van der Waals surface area contributed by atoms with Crippen LogP contribution in [0.3, 0.4) is 0 Å². The maximum absolute atomic E-state index is 13.6. The van der Waals surface area contributed by atoms with Crippen molar-refractivity contribution < 1.29 is 22.7 Å². The lowest BCUT2D eigenvalue weighted by Gasteiger charge is -2.32. The van der Waals surface area contributed by atoms with Crippen LogP contribution in [0.5, 0.6) is 5.75 Å². The minimum Gasteiger partial charge on any atom is -0.492 e. The molecule has 0 aromatic heterocycles. The summed E-state index contributed by atoms with van der Waals surface area (Å²) in [7, 11) is -3.83. The van der Waals surface area contributed by atoms with Crippen molar-refractivity contribution in [3.05, 3.63) is 59.7 Å². The van der Waals surface area contributed by atoms with Gasteiger partial charge in [0.25, 0.3) is 0 Å². The van der Waals surface area contributed by atoms with Gasteiger partial charge in [0.2, 0.25) is 21.8 Å². The number of rotatable bonds is 12. The molecular formula is C26H37N3O5S. The van der Waals surface area contributed by atoms with Crippen LogP contribution in [-0.4, -0.2) is 57.1 Å². The van der Waals surface area contributed by atoms with E-state index in [0.717, 1.165) is 21.7 Å². The lowest BCUT2D eigenvalue weighted by molar-refractivity contribution is -0.139. The Kier molecular flexibility index (Phi) is 10.1. The third-order valence-electron chi connectivity index (χ3n) is 5.57. The molecule has 35 heavy (non-hydrogen) atoms. The van der Waals surface area contributed by atoms with E-state index in [0.29, 0.717) is 18.9 Å². The molecule has 0 radical (unpaired) electrons. The molecule has 0 saturated carbocycles. The summed E-state index contributed by atoms with van der Waals surface area (Å²) in [6.07, 6.45) is 1.05. The van der Waals surface area contributed by atoms with E-state index >= 15 is 0 Å². The molecule has 0 aliphatic carbocycles. The molecule has 2 rings (SSSR count). The lowest BCUT2D eigenvalue weighted by Crippen LogP contribution is -2.51. The van der Waals surface area contributed by atoms with Crippen LogP contribution in [0.2, 0.25) is 0 Å². The van der Waals surface area contributed by atoms with Gasteiger partial charge in [0.15, 0.2) is 0 Å². The predicted octanol–water partition coefficient (Wildman–Crippen LogP) is 3.35. The van der Waals surface area contributed by atoms with E-state index in [2.05, 4.69) is 5.32 Å². The van der Waals surface area contributed by atoms with E-state index in [-0.39, 0.29) is 24.1 Å². The smallest absolute Gasteiger partial charge is 0.244 e. The molecule has 0 spiro atoms. The second-order valence-electron chi connectivity index (χ2n) is 8.93. The first-order valence-electron chi connectivity index (χ1n) is 11.8. The fourth-order valence-corrected chi connectivity index (χ4v) is 4.39. The molecule has 1 N–H and O–H groups in total. The normalized spacial score (nSPS) is 12.2. The number of ether oxygens (including phenoxy) is 1. The van der Waals surface area contributed by atoms with Gasteiger partial charge in [-0.1, -0.05) is 50.2 Å². The summed E-state index contributed by atoms with van der Waals surface area (Å²) in [5, 5.41) is 2.87. The van der Waals surface area contributed by atoms with Crippen LogP contribution in [-0.2, 0) is 26.2 Å². The molecule has 0 aliphatic heterocycles. The number of aryl methyl sites for hydroxylation is 1. The number of amides is 2. The molecule has 192 valence electrons. The summed E-state index contributed by atoms with van der Waals surface area (Å²) in [6, 6.07) is 13.5. The number of para-hydroxylation sites is 2. The molecule has 0 unspecified atom stereocenters. The number of sulfonamides is 1. The molecule has 8 nitrogen and oxygen atoms in total. The summed E-state index contributed by atoms with van der Waals surface area (Å²) in [5.74, 6) is -0.165. The van der Waals surface area contributed by atoms with Gasteiger partial charge >= 0.3 is 0 Å². The summed E-state index contributed by atoms with van der Waals surface area (Å²) >= 11 is 0.